The smallest absolute Gasteiger partial charge is 0.356 e. The van der Waals surface area contributed by atoms with Gasteiger partial charge in [0.2, 0.25) is 0 Å². The molecule has 1 atom stereocenters. The molecule has 2 saturated heterocycles. The molecular formula is C14H18N4O4. The third-order valence-electron chi connectivity index (χ3n) is 4.65. The molecule has 0 bridgehead atoms. The summed E-state index contributed by atoms with van der Waals surface area (Å²) >= 11 is 0. The van der Waals surface area contributed by atoms with E-state index in [9.17, 15) is 9.59 Å². The molecule has 118 valence electrons. The SMILES string of the molecule is O=C(O)c1cncc(N2CCC3(CC2)CN[C@H](C(=O)O)C3)n1. The molecule has 0 aliphatic carbocycles. The summed E-state index contributed by atoms with van der Waals surface area (Å²) in [5, 5.41) is 21.1. The summed E-state index contributed by atoms with van der Waals surface area (Å²) in [6.45, 7) is 2.18. The number of carbonyl (C=O) groups is 2. The van der Waals surface area contributed by atoms with Gasteiger partial charge in [0, 0.05) is 19.6 Å². The maximum Gasteiger partial charge on any atom is 0.356 e. The van der Waals surface area contributed by atoms with Gasteiger partial charge < -0.3 is 20.4 Å². The minimum absolute atomic E-state index is 0.0252. The Kier molecular flexibility index (Phi) is 3.69. The Morgan fingerprint density at radius 3 is 2.59 bits per heavy atom. The summed E-state index contributed by atoms with van der Waals surface area (Å²) < 4.78 is 0. The topological polar surface area (TPSA) is 116 Å². The van der Waals surface area contributed by atoms with Gasteiger partial charge >= 0.3 is 11.9 Å². The molecule has 3 rings (SSSR count). The van der Waals surface area contributed by atoms with E-state index in [2.05, 4.69) is 15.3 Å². The Morgan fingerprint density at radius 2 is 2.00 bits per heavy atom. The van der Waals surface area contributed by atoms with Crippen LogP contribution in [0.5, 0.6) is 0 Å². The van der Waals surface area contributed by atoms with E-state index in [1.165, 1.54) is 6.20 Å². The van der Waals surface area contributed by atoms with E-state index in [1.807, 2.05) is 4.90 Å². The Morgan fingerprint density at radius 1 is 1.27 bits per heavy atom. The summed E-state index contributed by atoms with van der Waals surface area (Å²) in [6, 6.07) is -0.457. The van der Waals surface area contributed by atoms with Crippen LogP contribution in [-0.2, 0) is 4.79 Å². The molecule has 1 spiro atoms. The van der Waals surface area contributed by atoms with E-state index in [4.69, 9.17) is 10.2 Å². The number of aliphatic carboxylic acids is 1. The summed E-state index contributed by atoms with van der Waals surface area (Å²) in [4.78, 5) is 32.1. The second kappa shape index (κ2) is 5.53. The van der Waals surface area contributed by atoms with Crippen molar-refractivity contribution in [1.29, 1.82) is 0 Å². The summed E-state index contributed by atoms with van der Waals surface area (Å²) in [7, 11) is 0. The number of hydrogen-bond donors (Lipinski definition) is 3. The van der Waals surface area contributed by atoms with Crippen LogP contribution in [0.2, 0.25) is 0 Å². The normalized spacial score (nSPS) is 23.6. The number of nitrogens with zero attached hydrogens (tertiary/aromatic N) is 3. The highest BCUT2D eigenvalue weighted by Crippen LogP contribution is 2.40. The largest absolute Gasteiger partial charge is 0.480 e. The third kappa shape index (κ3) is 2.74. The van der Waals surface area contributed by atoms with Crippen LogP contribution in [0.25, 0.3) is 0 Å². The number of aromatic nitrogens is 2. The summed E-state index contributed by atoms with van der Waals surface area (Å²) in [5.41, 5.74) is -0.0385. The number of carboxylic acids is 2. The lowest BCUT2D eigenvalue weighted by atomic mass is 9.76. The number of piperidine rings is 1. The van der Waals surface area contributed by atoms with Crippen LogP contribution in [0.15, 0.2) is 12.4 Å². The van der Waals surface area contributed by atoms with E-state index in [0.717, 1.165) is 32.5 Å². The standard InChI is InChI=1S/C14H18N4O4/c19-12(20)9-5-14(8-16-9)1-3-18(4-2-14)11-7-15-6-10(17-11)13(21)22/h6-7,9,16H,1-5,8H2,(H,19,20)(H,21,22)/t9-/m0/s1. The van der Waals surface area contributed by atoms with Gasteiger partial charge in [0.15, 0.2) is 5.69 Å². The average molecular weight is 306 g/mol. The van der Waals surface area contributed by atoms with Gasteiger partial charge in [-0.05, 0) is 24.7 Å². The number of nitrogens with one attached hydrogen (secondary N) is 1. The Bertz CT molecular complexity index is 598. The molecule has 22 heavy (non-hydrogen) atoms. The second-order valence-corrected chi connectivity index (χ2v) is 6.03. The molecule has 1 aromatic heterocycles. The highest BCUT2D eigenvalue weighted by Gasteiger charge is 2.43. The van der Waals surface area contributed by atoms with Crippen molar-refractivity contribution < 1.29 is 19.8 Å². The number of hydrogen-bond acceptors (Lipinski definition) is 6. The van der Waals surface area contributed by atoms with Crippen molar-refractivity contribution in [1.82, 2.24) is 15.3 Å². The predicted molar refractivity (Wildman–Crippen MR) is 76.9 cm³/mol. The second-order valence-electron chi connectivity index (χ2n) is 6.03. The molecule has 0 unspecified atom stereocenters. The van der Waals surface area contributed by atoms with Crippen molar-refractivity contribution in [3.8, 4) is 0 Å². The van der Waals surface area contributed by atoms with Crippen molar-refractivity contribution in [3.63, 3.8) is 0 Å². The molecule has 0 radical (unpaired) electrons. The number of carboxylic acid groups (broad SMARTS) is 2. The first-order valence-electron chi connectivity index (χ1n) is 7.26. The number of aromatic carboxylic acids is 1. The van der Waals surface area contributed by atoms with Crippen LogP contribution < -0.4 is 10.2 Å². The van der Waals surface area contributed by atoms with E-state index in [0.29, 0.717) is 12.2 Å². The molecule has 8 nitrogen and oxygen atoms in total. The van der Waals surface area contributed by atoms with Gasteiger partial charge in [-0.2, -0.15) is 0 Å². The van der Waals surface area contributed by atoms with Crippen LogP contribution in [0.3, 0.4) is 0 Å². The van der Waals surface area contributed by atoms with Crippen LogP contribution in [0.4, 0.5) is 5.82 Å². The molecule has 3 heterocycles. The quantitative estimate of drug-likeness (QED) is 0.725. The lowest BCUT2D eigenvalue weighted by Crippen LogP contribution is -2.41. The van der Waals surface area contributed by atoms with Crippen molar-refractivity contribution in [2.24, 2.45) is 5.41 Å². The van der Waals surface area contributed by atoms with E-state index < -0.39 is 18.0 Å². The summed E-state index contributed by atoms with van der Waals surface area (Å²) in [5.74, 6) is -1.32. The highest BCUT2D eigenvalue weighted by molar-refractivity contribution is 5.85. The first-order chi connectivity index (χ1) is 10.5. The summed E-state index contributed by atoms with van der Waals surface area (Å²) in [6.07, 6.45) is 5.18. The highest BCUT2D eigenvalue weighted by atomic mass is 16.4. The van der Waals surface area contributed by atoms with Gasteiger partial charge in [0.1, 0.15) is 11.9 Å². The molecule has 3 N–H and O–H groups in total. The molecule has 2 aliphatic rings. The van der Waals surface area contributed by atoms with Gasteiger partial charge in [-0.1, -0.05) is 0 Å². The predicted octanol–water partition coefficient (Wildman–Crippen LogP) is 0.208. The molecule has 8 heteroatoms. The molecule has 0 aromatic carbocycles. The maximum absolute atomic E-state index is 11.1. The molecule has 0 amide bonds. The van der Waals surface area contributed by atoms with Gasteiger partial charge in [-0.3, -0.25) is 9.78 Å². The molecular weight excluding hydrogens is 288 g/mol. The Labute approximate surface area is 127 Å². The third-order valence-corrected chi connectivity index (χ3v) is 4.65. The fourth-order valence-corrected chi connectivity index (χ4v) is 3.29. The van der Waals surface area contributed by atoms with E-state index >= 15 is 0 Å². The fraction of sp³-hybridized carbons (Fsp3) is 0.571. The lowest BCUT2D eigenvalue weighted by Gasteiger charge is -2.39. The Hall–Kier alpha value is -2.22. The average Bonchev–Trinajstić information content (AvgIpc) is 2.92. The van der Waals surface area contributed by atoms with Crippen LogP contribution >= 0.6 is 0 Å². The van der Waals surface area contributed by atoms with Crippen molar-refractivity contribution >= 4 is 17.8 Å². The zero-order valence-electron chi connectivity index (χ0n) is 12.0. The molecule has 0 saturated carbocycles. The first kappa shape index (κ1) is 14.7. The van der Waals surface area contributed by atoms with Crippen LogP contribution in [0.1, 0.15) is 29.8 Å². The maximum atomic E-state index is 11.1. The van der Waals surface area contributed by atoms with Gasteiger partial charge in [-0.15, -0.1) is 0 Å². The zero-order valence-corrected chi connectivity index (χ0v) is 12.0. The van der Waals surface area contributed by atoms with Crippen molar-refractivity contribution in [3.05, 3.63) is 18.1 Å². The van der Waals surface area contributed by atoms with Gasteiger partial charge in [0.25, 0.3) is 0 Å². The first-order valence-corrected chi connectivity index (χ1v) is 7.26. The van der Waals surface area contributed by atoms with E-state index in [1.54, 1.807) is 6.20 Å². The lowest BCUT2D eigenvalue weighted by molar-refractivity contribution is -0.139. The van der Waals surface area contributed by atoms with Crippen molar-refractivity contribution in [2.45, 2.75) is 25.3 Å². The molecule has 2 fully saturated rings. The van der Waals surface area contributed by atoms with Gasteiger partial charge in [0.05, 0.1) is 12.4 Å². The number of anilines is 1. The number of rotatable bonds is 3. The van der Waals surface area contributed by atoms with Crippen LogP contribution in [-0.4, -0.2) is 57.8 Å². The Balaban J connectivity index is 1.66. The minimum Gasteiger partial charge on any atom is -0.480 e. The van der Waals surface area contributed by atoms with E-state index in [-0.39, 0.29) is 11.1 Å². The fourth-order valence-electron chi connectivity index (χ4n) is 3.29. The molecule has 2 aliphatic heterocycles. The minimum atomic E-state index is -1.09. The van der Waals surface area contributed by atoms with Gasteiger partial charge in [-0.25, -0.2) is 9.78 Å². The monoisotopic (exact) mass is 306 g/mol. The van der Waals surface area contributed by atoms with Crippen molar-refractivity contribution in [2.75, 3.05) is 24.5 Å². The zero-order chi connectivity index (χ0) is 15.7. The van der Waals surface area contributed by atoms with Crippen LogP contribution in [0, 0.1) is 5.41 Å². The molecule has 1 aromatic rings.